The monoisotopic (exact) mass is 637 g/mol. The standard InChI is InChI=1S/C47H31N3/c1-3-9-32(10-4-1)33-15-19-35(20-16-33)40-29-41(36-21-17-34(18-22-36)37-25-27-48-28-26-37)31-42(30-40)47-49-45(39-12-5-2-6-13-39)44-24-23-38-11-7-8-14-43(38)46(44)50-47/h1-31H. The highest BCUT2D eigenvalue weighted by atomic mass is 14.9. The molecule has 0 bridgehead atoms. The number of hydrogen-bond acceptors (Lipinski definition) is 3. The van der Waals surface area contributed by atoms with E-state index >= 15 is 0 Å². The Labute approximate surface area is 291 Å². The van der Waals surface area contributed by atoms with Crippen LogP contribution in [0.15, 0.2) is 188 Å². The number of aromatic nitrogens is 3. The summed E-state index contributed by atoms with van der Waals surface area (Å²) in [6.07, 6.45) is 3.66. The predicted octanol–water partition coefficient (Wildman–Crippen LogP) is 12.2. The lowest BCUT2D eigenvalue weighted by Gasteiger charge is -2.14. The molecule has 0 amide bonds. The third kappa shape index (κ3) is 5.61. The van der Waals surface area contributed by atoms with E-state index in [0.29, 0.717) is 5.82 Å². The fourth-order valence-corrected chi connectivity index (χ4v) is 6.78. The molecule has 0 N–H and O–H groups in total. The molecule has 0 aliphatic rings. The van der Waals surface area contributed by atoms with Gasteiger partial charge in [-0.3, -0.25) is 4.98 Å². The van der Waals surface area contributed by atoms with Crippen molar-refractivity contribution in [1.29, 1.82) is 0 Å². The maximum atomic E-state index is 5.32. The van der Waals surface area contributed by atoms with Gasteiger partial charge in [-0.25, -0.2) is 9.97 Å². The van der Waals surface area contributed by atoms with Crippen molar-refractivity contribution in [3.8, 4) is 67.2 Å². The quantitative estimate of drug-likeness (QED) is 0.170. The van der Waals surface area contributed by atoms with Crippen LogP contribution in [0.2, 0.25) is 0 Å². The SMILES string of the molecule is c1ccc(-c2ccc(-c3cc(-c4ccc(-c5ccncc5)cc4)cc(-c4nc(-c5ccccc5)c5ccc6ccccc6c5n4)c3)cc2)cc1. The molecule has 234 valence electrons. The first-order valence-electron chi connectivity index (χ1n) is 16.8. The van der Waals surface area contributed by atoms with E-state index in [1.807, 2.05) is 30.6 Å². The Morgan fingerprint density at radius 3 is 1.40 bits per heavy atom. The van der Waals surface area contributed by atoms with Crippen molar-refractivity contribution in [3.63, 3.8) is 0 Å². The Hall–Kier alpha value is -6.71. The first-order chi connectivity index (χ1) is 24.8. The molecule has 0 unspecified atom stereocenters. The summed E-state index contributed by atoms with van der Waals surface area (Å²) in [5.74, 6) is 0.699. The largest absolute Gasteiger partial charge is 0.265 e. The van der Waals surface area contributed by atoms with E-state index in [0.717, 1.165) is 71.9 Å². The first-order valence-corrected chi connectivity index (χ1v) is 16.8. The zero-order valence-electron chi connectivity index (χ0n) is 27.2. The van der Waals surface area contributed by atoms with Crippen LogP contribution < -0.4 is 0 Å². The van der Waals surface area contributed by atoms with Crippen molar-refractivity contribution in [3.05, 3.63) is 188 Å². The first kappa shape index (κ1) is 29.4. The van der Waals surface area contributed by atoms with Gasteiger partial charge in [0, 0.05) is 34.3 Å². The Kier molecular flexibility index (Phi) is 7.49. The number of rotatable bonds is 6. The van der Waals surface area contributed by atoms with Gasteiger partial charge in [-0.2, -0.15) is 0 Å². The molecule has 0 spiro atoms. The molecule has 0 saturated carbocycles. The summed E-state index contributed by atoms with van der Waals surface area (Å²) in [6.45, 7) is 0. The lowest BCUT2D eigenvalue weighted by atomic mass is 9.93. The number of fused-ring (bicyclic) bond motifs is 3. The van der Waals surface area contributed by atoms with E-state index in [1.54, 1.807) is 0 Å². The highest BCUT2D eigenvalue weighted by Gasteiger charge is 2.16. The smallest absolute Gasteiger partial charge is 0.160 e. The molecule has 0 radical (unpaired) electrons. The summed E-state index contributed by atoms with van der Waals surface area (Å²) in [6, 6.07) is 62.1. The molecule has 3 nitrogen and oxygen atoms in total. The Balaban J connectivity index is 1.24. The van der Waals surface area contributed by atoms with Crippen molar-refractivity contribution in [2.24, 2.45) is 0 Å². The highest BCUT2D eigenvalue weighted by Crippen LogP contribution is 2.37. The molecule has 9 rings (SSSR count). The van der Waals surface area contributed by atoms with Gasteiger partial charge in [-0.15, -0.1) is 0 Å². The van der Waals surface area contributed by atoms with Crippen LogP contribution in [0.5, 0.6) is 0 Å². The van der Waals surface area contributed by atoms with Crippen molar-refractivity contribution < 1.29 is 0 Å². The molecular formula is C47H31N3. The topological polar surface area (TPSA) is 38.7 Å². The zero-order valence-corrected chi connectivity index (χ0v) is 27.2. The van der Waals surface area contributed by atoms with Gasteiger partial charge in [-0.05, 0) is 86.3 Å². The molecule has 2 heterocycles. The van der Waals surface area contributed by atoms with Crippen molar-refractivity contribution in [2.45, 2.75) is 0 Å². The molecule has 7 aromatic carbocycles. The molecule has 9 aromatic rings. The normalized spacial score (nSPS) is 11.2. The maximum Gasteiger partial charge on any atom is 0.160 e. The maximum absolute atomic E-state index is 5.32. The number of benzene rings is 7. The minimum atomic E-state index is 0.699. The molecule has 50 heavy (non-hydrogen) atoms. The zero-order chi connectivity index (χ0) is 33.3. The Morgan fingerprint density at radius 2 is 0.780 bits per heavy atom. The molecule has 2 aromatic heterocycles. The van der Waals surface area contributed by atoms with Gasteiger partial charge in [-0.1, -0.05) is 140 Å². The van der Waals surface area contributed by atoms with Crippen LogP contribution in [-0.2, 0) is 0 Å². The second-order valence-electron chi connectivity index (χ2n) is 12.5. The van der Waals surface area contributed by atoms with Gasteiger partial charge in [0.25, 0.3) is 0 Å². The van der Waals surface area contributed by atoms with Crippen molar-refractivity contribution >= 4 is 21.7 Å². The van der Waals surface area contributed by atoms with Gasteiger partial charge >= 0.3 is 0 Å². The highest BCUT2D eigenvalue weighted by molar-refractivity contribution is 6.09. The van der Waals surface area contributed by atoms with Crippen molar-refractivity contribution in [2.75, 3.05) is 0 Å². The minimum Gasteiger partial charge on any atom is -0.265 e. The van der Waals surface area contributed by atoms with E-state index in [-0.39, 0.29) is 0 Å². The van der Waals surface area contributed by atoms with Gasteiger partial charge in [0.2, 0.25) is 0 Å². The lowest BCUT2D eigenvalue weighted by molar-refractivity contribution is 1.23. The van der Waals surface area contributed by atoms with Gasteiger partial charge in [0.05, 0.1) is 11.2 Å². The van der Waals surface area contributed by atoms with Crippen LogP contribution in [0.25, 0.3) is 88.8 Å². The van der Waals surface area contributed by atoms with E-state index in [9.17, 15) is 0 Å². The van der Waals surface area contributed by atoms with Crippen LogP contribution in [0.1, 0.15) is 0 Å². The van der Waals surface area contributed by atoms with Crippen LogP contribution >= 0.6 is 0 Å². The van der Waals surface area contributed by atoms with E-state index < -0.39 is 0 Å². The molecular weight excluding hydrogens is 607 g/mol. The second kappa shape index (κ2) is 12.7. The number of pyridine rings is 1. The summed E-state index contributed by atoms with van der Waals surface area (Å²) >= 11 is 0. The minimum absolute atomic E-state index is 0.699. The number of hydrogen-bond donors (Lipinski definition) is 0. The van der Waals surface area contributed by atoms with Crippen LogP contribution in [-0.4, -0.2) is 15.0 Å². The summed E-state index contributed by atoms with van der Waals surface area (Å²) in [7, 11) is 0. The second-order valence-corrected chi connectivity index (χ2v) is 12.5. The average molecular weight is 638 g/mol. The molecule has 0 saturated heterocycles. The summed E-state index contributed by atoms with van der Waals surface area (Å²) in [4.78, 5) is 14.8. The Bertz CT molecular complexity index is 2500. The summed E-state index contributed by atoms with van der Waals surface area (Å²) in [5, 5.41) is 3.31. The fraction of sp³-hybridized carbons (Fsp3) is 0. The van der Waals surface area contributed by atoms with Crippen LogP contribution in [0, 0.1) is 0 Å². The van der Waals surface area contributed by atoms with E-state index in [4.69, 9.17) is 9.97 Å². The van der Waals surface area contributed by atoms with Gasteiger partial charge in [0.15, 0.2) is 5.82 Å². The average Bonchev–Trinajstić information content (AvgIpc) is 3.21. The predicted molar refractivity (Wildman–Crippen MR) is 207 cm³/mol. The summed E-state index contributed by atoms with van der Waals surface area (Å²) < 4.78 is 0. The fourth-order valence-electron chi connectivity index (χ4n) is 6.78. The van der Waals surface area contributed by atoms with Crippen LogP contribution in [0.3, 0.4) is 0 Å². The summed E-state index contributed by atoms with van der Waals surface area (Å²) in [5.41, 5.74) is 13.1. The number of nitrogens with zero attached hydrogens (tertiary/aromatic N) is 3. The van der Waals surface area contributed by atoms with Crippen LogP contribution in [0.4, 0.5) is 0 Å². The molecule has 0 atom stereocenters. The van der Waals surface area contributed by atoms with E-state index in [2.05, 4.69) is 163 Å². The van der Waals surface area contributed by atoms with Gasteiger partial charge in [0.1, 0.15) is 0 Å². The Morgan fingerprint density at radius 1 is 0.300 bits per heavy atom. The van der Waals surface area contributed by atoms with Crippen molar-refractivity contribution in [1.82, 2.24) is 15.0 Å². The molecule has 0 fully saturated rings. The third-order valence-electron chi connectivity index (χ3n) is 9.39. The lowest BCUT2D eigenvalue weighted by Crippen LogP contribution is -1.97. The molecule has 0 aliphatic heterocycles. The van der Waals surface area contributed by atoms with E-state index in [1.165, 1.54) is 11.1 Å². The molecule has 0 aliphatic carbocycles. The molecule has 3 heteroatoms. The third-order valence-corrected chi connectivity index (χ3v) is 9.39. The van der Waals surface area contributed by atoms with Gasteiger partial charge < -0.3 is 0 Å².